The third-order valence-corrected chi connectivity index (χ3v) is 3.07. The molecule has 2 aromatic carbocycles. The third kappa shape index (κ3) is 4.67. The molecule has 0 atom stereocenters. The van der Waals surface area contributed by atoms with E-state index in [0.29, 0.717) is 13.2 Å². The Morgan fingerprint density at radius 2 is 1.81 bits per heavy atom. The average Bonchev–Trinajstić information content (AvgIpc) is 2.48. The van der Waals surface area contributed by atoms with Gasteiger partial charge < -0.3 is 9.47 Å². The quantitative estimate of drug-likeness (QED) is 0.680. The molecule has 0 spiro atoms. The van der Waals surface area contributed by atoms with Crippen molar-refractivity contribution in [1.29, 1.82) is 0 Å². The Labute approximate surface area is 127 Å². The summed E-state index contributed by atoms with van der Waals surface area (Å²) in [5.74, 6) is 1.77. The van der Waals surface area contributed by atoms with Gasteiger partial charge in [0.2, 0.25) is 0 Å². The van der Waals surface area contributed by atoms with Gasteiger partial charge >= 0.3 is 0 Å². The summed E-state index contributed by atoms with van der Waals surface area (Å²) in [4.78, 5) is 0. The van der Waals surface area contributed by atoms with Crippen LogP contribution in [0, 0.1) is 0 Å². The number of ether oxygens (including phenoxy) is 2. The summed E-state index contributed by atoms with van der Waals surface area (Å²) in [6.45, 7) is 9.22. The highest BCUT2D eigenvalue weighted by atomic mass is 16.5. The van der Waals surface area contributed by atoms with Gasteiger partial charge in [-0.1, -0.05) is 42.5 Å². The molecule has 0 saturated carbocycles. The van der Waals surface area contributed by atoms with E-state index in [4.69, 9.17) is 9.47 Å². The molecule has 0 saturated heterocycles. The van der Waals surface area contributed by atoms with Crippen molar-refractivity contribution in [3.63, 3.8) is 0 Å². The maximum absolute atomic E-state index is 5.86. The fourth-order valence-corrected chi connectivity index (χ4v) is 2.15. The molecule has 21 heavy (non-hydrogen) atoms. The van der Waals surface area contributed by atoms with Crippen LogP contribution in [-0.4, -0.2) is 6.61 Å². The summed E-state index contributed by atoms with van der Waals surface area (Å²) in [6.07, 6.45) is 0.803. The van der Waals surface area contributed by atoms with Gasteiger partial charge in [-0.2, -0.15) is 0 Å². The van der Waals surface area contributed by atoms with Crippen LogP contribution in [0.3, 0.4) is 0 Å². The van der Waals surface area contributed by atoms with E-state index in [1.54, 1.807) is 0 Å². The van der Waals surface area contributed by atoms with Crippen LogP contribution in [0.2, 0.25) is 0 Å². The van der Waals surface area contributed by atoms with Crippen molar-refractivity contribution >= 4 is 0 Å². The van der Waals surface area contributed by atoms with E-state index in [1.165, 1.54) is 0 Å². The summed E-state index contributed by atoms with van der Waals surface area (Å²) in [5.41, 5.74) is 3.39. The Kier molecular flexibility index (Phi) is 5.44. The van der Waals surface area contributed by atoms with Crippen molar-refractivity contribution < 1.29 is 9.47 Å². The minimum atomic E-state index is 0.571. The zero-order chi connectivity index (χ0) is 15.1. The number of benzene rings is 2. The number of hydrogen-bond donors (Lipinski definition) is 0. The Bertz CT molecular complexity index is 588. The summed E-state index contributed by atoms with van der Waals surface area (Å²) < 4.78 is 11.5. The molecule has 110 valence electrons. The second-order valence-electron chi connectivity index (χ2n) is 5.11. The maximum atomic E-state index is 5.86. The van der Waals surface area contributed by atoms with Gasteiger partial charge in [-0.25, -0.2) is 0 Å². The van der Waals surface area contributed by atoms with Crippen LogP contribution in [0.15, 0.2) is 60.7 Å². The first-order valence-corrected chi connectivity index (χ1v) is 7.26. The molecule has 0 aliphatic carbocycles. The van der Waals surface area contributed by atoms with Gasteiger partial charge in [0, 0.05) is 5.56 Å². The van der Waals surface area contributed by atoms with E-state index in [-0.39, 0.29) is 0 Å². The van der Waals surface area contributed by atoms with Gasteiger partial charge in [-0.05, 0) is 44.0 Å². The number of allylic oxidation sites excluding steroid dienone is 1. The Morgan fingerprint density at radius 1 is 1.05 bits per heavy atom. The van der Waals surface area contributed by atoms with Crippen LogP contribution >= 0.6 is 0 Å². The molecule has 2 aromatic rings. The van der Waals surface area contributed by atoms with Gasteiger partial charge in [0.25, 0.3) is 0 Å². The fourth-order valence-electron chi connectivity index (χ4n) is 2.15. The number of rotatable bonds is 7. The molecule has 0 aliphatic heterocycles. The Balaban J connectivity index is 2.11. The summed E-state index contributed by atoms with van der Waals surface area (Å²) in [7, 11) is 0. The lowest BCUT2D eigenvalue weighted by atomic mass is 10.1. The first kappa shape index (κ1) is 15.2. The van der Waals surface area contributed by atoms with Gasteiger partial charge in [0.15, 0.2) is 0 Å². The zero-order valence-corrected chi connectivity index (χ0v) is 12.8. The van der Waals surface area contributed by atoms with Crippen molar-refractivity contribution in [3.8, 4) is 11.5 Å². The van der Waals surface area contributed by atoms with Crippen LogP contribution < -0.4 is 9.47 Å². The van der Waals surface area contributed by atoms with Crippen molar-refractivity contribution in [2.75, 3.05) is 6.61 Å². The van der Waals surface area contributed by atoms with Crippen molar-refractivity contribution in [2.45, 2.75) is 26.9 Å². The Morgan fingerprint density at radius 3 is 2.48 bits per heavy atom. The summed E-state index contributed by atoms with van der Waals surface area (Å²) in [6, 6.07) is 16.1. The molecule has 2 nitrogen and oxygen atoms in total. The normalized spacial score (nSPS) is 10.2. The standard InChI is InChI=1S/C19H22O2/c1-4-20-19-11-10-18(13-17(19)12-15(2)3)21-14-16-8-6-5-7-9-16/h5-11,13H,2,4,12,14H2,1,3H3. The highest BCUT2D eigenvalue weighted by Gasteiger charge is 2.06. The van der Waals surface area contributed by atoms with Crippen LogP contribution in [0.25, 0.3) is 0 Å². The zero-order valence-electron chi connectivity index (χ0n) is 12.8. The molecular formula is C19H22O2. The molecule has 2 heteroatoms. The second-order valence-corrected chi connectivity index (χ2v) is 5.11. The third-order valence-electron chi connectivity index (χ3n) is 3.07. The Hall–Kier alpha value is -2.22. The van der Waals surface area contributed by atoms with E-state index in [2.05, 4.69) is 18.7 Å². The molecule has 0 amide bonds. The van der Waals surface area contributed by atoms with Gasteiger partial charge in [0.05, 0.1) is 6.61 Å². The molecule has 0 N–H and O–H groups in total. The van der Waals surface area contributed by atoms with Gasteiger partial charge in [-0.15, -0.1) is 0 Å². The molecule has 0 heterocycles. The van der Waals surface area contributed by atoms with E-state index in [1.807, 2.05) is 50.2 Å². The van der Waals surface area contributed by atoms with Crippen molar-refractivity contribution in [2.24, 2.45) is 0 Å². The SMILES string of the molecule is C=C(C)Cc1cc(OCc2ccccc2)ccc1OCC. The predicted octanol–water partition coefficient (Wildman–Crippen LogP) is 4.78. The highest BCUT2D eigenvalue weighted by Crippen LogP contribution is 2.27. The molecule has 0 bridgehead atoms. The molecule has 2 rings (SSSR count). The van der Waals surface area contributed by atoms with Gasteiger partial charge in [0.1, 0.15) is 18.1 Å². The topological polar surface area (TPSA) is 18.5 Å². The lowest BCUT2D eigenvalue weighted by molar-refractivity contribution is 0.303. The molecule has 0 fully saturated rings. The largest absolute Gasteiger partial charge is 0.494 e. The second kappa shape index (κ2) is 7.53. The molecule has 0 unspecified atom stereocenters. The monoisotopic (exact) mass is 282 g/mol. The average molecular weight is 282 g/mol. The maximum Gasteiger partial charge on any atom is 0.123 e. The van der Waals surface area contributed by atoms with E-state index >= 15 is 0 Å². The molecular weight excluding hydrogens is 260 g/mol. The number of hydrogen-bond acceptors (Lipinski definition) is 2. The van der Waals surface area contributed by atoms with Crippen LogP contribution in [0.4, 0.5) is 0 Å². The van der Waals surface area contributed by atoms with E-state index in [0.717, 1.165) is 34.6 Å². The van der Waals surface area contributed by atoms with Crippen LogP contribution in [0.5, 0.6) is 11.5 Å². The first-order valence-electron chi connectivity index (χ1n) is 7.26. The predicted molar refractivity (Wildman–Crippen MR) is 86.9 cm³/mol. The fraction of sp³-hybridized carbons (Fsp3) is 0.263. The smallest absolute Gasteiger partial charge is 0.123 e. The van der Waals surface area contributed by atoms with Gasteiger partial charge in [-0.3, -0.25) is 0 Å². The summed E-state index contributed by atoms with van der Waals surface area (Å²) in [5, 5.41) is 0. The summed E-state index contributed by atoms with van der Waals surface area (Å²) >= 11 is 0. The highest BCUT2D eigenvalue weighted by molar-refractivity contribution is 5.42. The van der Waals surface area contributed by atoms with Crippen molar-refractivity contribution in [3.05, 3.63) is 71.8 Å². The van der Waals surface area contributed by atoms with E-state index < -0.39 is 0 Å². The van der Waals surface area contributed by atoms with Crippen LogP contribution in [0.1, 0.15) is 25.0 Å². The van der Waals surface area contributed by atoms with Crippen molar-refractivity contribution in [1.82, 2.24) is 0 Å². The molecule has 0 aromatic heterocycles. The lowest BCUT2D eigenvalue weighted by Gasteiger charge is -2.13. The van der Waals surface area contributed by atoms with Crippen LogP contribution in [-0.2, 0) is 13.0 Å². The molecule has 0 radical (unpaired) electrons. The van der Waals surface area contributed by atoms with E-state index in [9.17, 15) is 0 Å². The molecule has 0 aliphatic rings. The lowest BCUT2D eigenvalue weighted by Crippen LogP contribution is -2.00. The minimum Gasteiger partial charge on any atom is -0.494 e. The first-order chi connectivity index (χ1) is 10.2. The minimum absolute atomic E-state index is 0.571.